The maximum atomic E-state index is 11.4. The third kappa shape index (κ3) is 2.18. The van der Waals surface area contributed by atoms with Crippen molar-refractivity contribution in [3.05, 3.63) is 59.4 Å². The number of hydrogen-bond acceptors (Lipinski definition) is 5. The molecule has 4 aromatic rings. The molecule has 0 N–H and O–H groups in total. The number of halogens is 1. The van der Waals surface area contributed by atoms with Gasteiger partial charge in [0.05, 0.1) is 10.5 Å². The molecule has 0 unspecified atom stereocenters. The van der Waals surface area contributed by atoms with Crippen LogP contribution in [0, 0.1) is 0 Å². The van der Waals surface area contributed by atoms with Crippen LogP contribution in [0.2, 0.25) is 5.02 Å². The van der Waals surface area contributed by atoms with Crippen molar-refractivity contribution in [2.24, 2.45) is 0 Å². The normalized spacial score (nSPS) is 11.0. The first-order chi connectivity index (χ1) is 11.3. The predicted octanol–water partition coefficient (Wildman–Crippen LogP) is 2.47. The van der Waals surface area contributed by atoms with Gasteiger partial charge in [-0.05, 0) is 24.3 Å². The number of carbonyl (C=O) groups excluding carboxylic acids is 1. The van der Waals surface area contributed by atoms with Crippen molar-refractivity contribution in [2.75, 3.05) is 0 Å². The highest BCUT2D eigenvalue weighted by Crippen LogP contribution is 2.21. The van der Waals surface area contributed by atoms with E-state index in [0.717, 1.165) is 11.0 Å². The van der Waals surface area contributed by atoms with E-state index in [9.17, 15) is 4.79 Å². The molecule has 7 nitrogen and oxygen atoms in total. The first-order valence-electron chi connectivity index (χ1n) is 6.75. The van der Waals surface area contributed by atoms with Crippen molar-refractivity contribution in [1.29, 1.82) is 0 Å². The van der Waals surface area contributed by atoms with Crippen molar-refractivity contribution in [2.45, 2.75) is 0 Å². The Morgan fingerprint density at radius 3 is 2.78 bits per heavy atom. The molecule has 1 aromatic carbocycles. The number of fused-ring (bicyclic) bond motifs is 1. The summed E-state index contributed by atoms with van der Waals surface area (Å²) in [5.74, 6) is 0.842. The molecule has 0 aliphatic carbocycles. The zero-order valence-corrected chi connectivity index (χ0v) is 12.4. The van der Waals surface area contributed by atoms with Crippen molar-refractivity contribution < 1.29 is 4.79 Å². The van der Waals surface area contributed by atoms with Gasteiger partial charge < -0.3 is 0 Å². The molecule has 0 saturated heterocycles. The highest BCUT2D eigenvalue weighted by Gasteiger charge is 2.16. The maximum absolute atomic E-state index is 11.4. The number of nitrogens with zero attached hydrogens (tertiary/aromatic N) is 6. The Kier molecular flexibility index (Phi) is 3.13. The van der Waals surface area contributed by atoms with Crippen molar-refractivity contribution in [3.63, 3.8) is 0 Å². The summed E-state index contributed by atoms with van der Waals surface area (Å²) in [6.45, 7) is 0. The average molecular weight is 325 g/mol. The van der Waals surface area contributed by atoms with Crippen LogP contribution < -0.4 is 0 Å². The van der Waals surface area contributed by atoms with Crippen molar-refractivity contribution >= 4 is 28.9 Å². The minimum Gasteiger partial charge on any atom is -0.296 e. The van der Waals surface area contributed by atoms with E-state index in [1.165, 1.54) is 4.68 Å². The lowest BCUT2D eigenvalue weighted by Gasteiger charge is -2.03. The largest absolute Gasteiger partial charge is 0.296 e. The molecule has 3 aromatic heterocycles. The predicted molar refractivity (Wildman–Crippen MR) is 84.2 cm³/mol. The lowest BCUT2D eigenvalue weighted by atomic mass is 10.3. The smallest absolute Gasteiger partial charge is 0.178 e. The Hall–Kier alpha value is -3.06. The van der Waals surface area contributed by atoms with Gasteiger partial charge >= 0.3 is 0 Å². The quantitative estimate of drug-likeness (QED) is 0.541. The highest BCUT2D eigenvalue weighted by molar-refractivity contribution is 6.32. The number of aromatic nitrogens is 6. The van der Waals surface area contributed by atoms with E-state index >= 15 is 0 Å². The summed E-state index contributed by atoms with van der Waals surface area (Å²) < 4.78 is 2.96. The van der Waals surface area contributed by atoms with Crippen LogP contribution in [0.3, 0.4) is 0 Å². The van der Waals surface area contributed by atoms with Crippen molar-refractivity contribution in [3.8, 4) is 11.6 Å². The fourth-order valence-electron chi connectivity index (χ4n) is 2.31. The second kappa shape index (κ2) is 5.29. The van der Waals surface area contributed by atoms with Gasteiger partial charge in [0.25, 0.3) is 0 Å². The molecule has 8 heteroatoms. The minimum absolute atomic E-state index is 0.320. The number of carbonyl (C=O) groups is 1. The zero-order valence-electron chi connectivity index (χ0n) is 11.7. The van der Waals surface area contributed by atoms with E-state index in [2.05, 4.69) is 20.4 Å². The Morgan fingerprint density at radius 1 is 1.09 bits per heavy atom. The third-order valence-electron chi connectivity index (χ3n) is 3.35. The molecule has 0 bridgehead atoms. The molecule has 3 heterocycles. The molecule has 0 fully saturated rings. The second-order valence-corrected chi connectivity index (χ2v) is 5.16. The van der Waals surface area contributed by atoms with Crippen LogP contribution in [0.25, 0.3) is 22.7 Å². The number of benzene rings is 1. The fourth-order valence-corrected chi connectivity index (χ4v) is 2.51. The Bertz CT molecular complexity index is 1020. The Balaban J connectivity index is 1.92. The first-order valence-corrected chi connectivity index (χ1v) is 7.12. The topological polar surface area (TPSA) is 78.5 Å². The Morgan fingerprint density at radius 2 is 1.96 bits per heavy atom. The molecule has 0 saturated carbocycles. The third-order valence-corrected chi connectivity index (χ3v) is 3.65. The van der Waals surface area contributed by atoms with Gasteiger partial charge in [0.2, 0.25) is 0 Å². The summed E-state index contributed by atoms with van der Waals surface area (Å²) in [5, 5.41) is 13.0. The summed E-state index contributed by atoms with van der Waals surface area (Å²) >= 11 is 6.14. The first kappa shape index (κ1) is 13.6. The lowest BCUT2D eigenvalue weighted by Crippen LogP contribution is -2.05. The van der Waals surface area contributed by atoms with Gasteiger partial charge in [-0.15, -0.1) is 10.2 Å². The fraction of sp³-hybridized carbons (Fsp3) is 0. The molecule has 0 aliphatic rings. The SMILES string of the molecule is O=Cc1cc(-n2nnc3ccccc32)nn1-c1ncccc1Cl. The molecule has 112 valence electrons. The van der Waals surface area contributed by atoms with E-state index in [-0.39, 0.29) is 0 Å². The molecule has 0 radical (unpaired) electrons. The maximum Gasteiger partial charge on any atom is 0.178 e. The van der Waals surface area contributed by atoms with E-state index in [1.54, 1.807) is 29.1 Å². The molecule has 0 atom stereocenters. The van der Waals surface area contributed by atoms with Crippen LogP contribution >= 0.6 is 11.6 Å². The lowest BCUT2D eigenvalue weighted by molar-refractivity contribution is 0.111. The summed E-state index contributed by atoms with van der Waals surface area (Å²) in [7, 11) is 0. The van der Waals surface area contributed by atoms with Gasteiger partial charge in [0.15, 0.2) is 17.9 Å². The summed E-state index contributed by atoms with van der Waals surface area (Å²) in [5.41, 5.74) is 1.85. The summed E-state index contributed by atoms with van der Waals surface area (Å²) in [4.78, 5) is 15.6. The molecule has 23 heavy (non-hydrogen) atoms. The van der Waals surface area contributed by atoms with E-state index in [0.29, 0.717) is 28.6 Å². The van der Waals surface area contributed by atoms with Crippen LogP contribution in [-0.2, 0) is 0 Å². The van der Waals surface area contributed by atoms with Gasteiger partial charge in [0, 0.05) is 12.3 Å². The van der Waals surface area contributed by atoms with E-state index < -0.39 is 0 Å². The zero-order chi connectivity index (χ0) is 15.8. The average Bonchev–Trinajstić information content (AvgIpc) is 3.18. The number of rotatable bonds is 3. The van der Waals surface area contributed by atoms with Crippen LogP contribution in [0.1, 0.15) is 10.5 Å². The Labute approximate surface area is 135 Å². The van der Waals surface area contributed by atoms with Gasteiger partial charge in [-0.2, -0.15) is 4.68 Å². The number of hydrogen-bond donors (Lipinski definition) is 0. The number of aldehydes is 1. The number of para-hydroxylation sites is 1. The summed E-state index contributed by atoms with van der Waals surface area (Å²) in [6, 6.07) is 12.5. The summed E-state index contributed by atoms with van der Waals surface area (Å²) in [6.07, 6.45) is 2.28. The van der Waals surface area contributed by atoms with E-state index in [4.69, 9.17) is 11.6 Å². The van der Waals surface area contributed by atoms with Crippen LogP contribution in [0.5, 0.6) is 0 Å². The minimum atomic E-state index is 0.320. The molecular weight excluding hydrogens is 316 g/mol. The molecule has 4 rings (SSSR count). The monoisotopic (exact) mass is 324 g/mol. The highest BCUT2D eigenvalue weighted by atomic mass is 35.5. The number of pyridine rings is 1. The van der Waals surface area contributed by atoms with E-state index in [1.807, 2.05) is 24.3 Å². The van der Waals surface area contributed by atoms with Crippen LogP contribution in [-0.4, -0.2) is 36.0 Å². The van der Waals surface area contributed by atoms with Crippen LogP contribution in [0.4, 0.5) is 0 Å². The van der Waals surface area contributed by atoms with Gasteiger partial charge in [0.1, 0.15) is 11.2 Å². The van der Waals surface area contributed by atoms with Gasteiger partial charge in [-0.25, -0.2) is 9.67 Å². The molecule has 0 spiro atoms. The van der Waals surface area contributed by atoms with Crippen LogP contribution in [0.15, 0.2) is 48.7 Å². The van der Waals surface area contributed by atoms with Gasteiger partial charge in [-0.3, -0.25) is 4.79 Å². The standard InChI is InChI=1S/C15H9ClN6O/c16-11-4-3-7-17-15(11)21-10(9-23)8-14(19-21)22-13-6-2-1-5-12(13)18-20-22/h1-9H. The van der Waals surface area contributed by atoms with Gasteiger partial charge in [-0.1, -0.05) is 28.9 Å². The van der Waals surface area contributed by atoms with Crippen molar-refractivity contribution in [1.82, 2.24) is 29.8 Å². The second-order valence-electron chi connectivity index (χ2n) is 4.76. The molecule has 0 aliphatic heterocycles. The molecular formula is C15H9ClN6O. The molecule has 0 amide bonds.